The molecule has 5 heteroatoms. The number of nitrogens with one attached hydrogen (secondary N) is 1. The van der Waals surface area contributed by atoms with Gasteiger partial charge in [-0.25, -0.2) is 0 Å². The third kappa shape index (κ3) is 4.06. The summed E-state index contributed by atoms with van der Waals surface area (Å²) >= 11 is 5.63. The summed E-state index contributed by atoms with van der Waals surface area (Å²) in [7, 11) is 0. The minimum atomic E-state index is -0.216. The van der Waals surface area contributed by atoms with E-state index >= 15 is 0 Å². The van der Waals surface area contributed by atoms with Crippen LogP contribution in [0.1, 0.15) is 44.6 Å². The third-order valence-electron chi connectivity index (χ3n) is 6.16. The first kappa shape index (κ1) is 19.2. The topological polar surface area (TPSA) is 49.4 Å². The highest BCUT2D eigenvalue weighted by molar-refractivity contribution is 6.27. The fourth-order valence-electron chi connectivity index (χ4n) is 4.46. The van der Waals surface area contributed by atoms with Gasteiger partial charge in [0.2, 0.25) is 11.8 Å². The lowest BCUT2D eigenvalue weighted by Gasteiger charge is -2.47. The maximum Gasteiger partial charge on any atom is 0.235 e. The number of nitrogens with zero attached hydrogens (tertiary/aromatic N) is 1. The maximum absolute atomic E-state index is 13.4. The molecule has 26 heavy (non-hydrogen) atoms. The fraction of sp³-hybridized carbons (Fsp3) is 0.619. The highest BCUT2D eigenvalue weighted by Crippen LogP contribution is 2.45. The first-order chi connectivity index (χ1) is 12.6. The first-order valence-electron chi connectivity index (χ1n) is 9.76. The minimum absolute atomic E-state index is 0.00420. The number of alkyl halides is 1. The van der Waals surface area contributed by atoms with Gasteiger partial charge in [0.15, 0.2) is 0 Å². The Morgan fingerprint density at radius 2 is 2.00 bits per heavy atom. The number of carbonyl (C=O) groups is 2. The van der Waals surface area contributed by atoms with Crippen LogP contribution in [0.15, 0.2) is 30.3 Å². The number of carbonyl (C=O) groups excluding carboxylic acids is 2. The molecule has 4 nitrogen and oxygen atoms in total. The van der Waals surface area contributed by atoms with Gasteiger partial charge in [0.05, 0.1) is 5.41 Å². The first-order valence-corrected chi connectivity index (χ1v) is 10.3. The van der Waals surface area contributed by atoms with Crippen LogP contribution in [-0.4, -0.2) is 41.7 Å². The molecule has 0 aromatic heterocycles. The summed E-state index contributed by atoms with van der Waals surface area (Å²) in [4.78, 5) is 27.1. The molecule has 1 heterocycles. The van der Waals surface area contributed by atoms with Crippen molar-refractivity contribution in [2.75, 3.05) is 19.0 Å². The smallest absolute Gasteiger partial charge is 0.235 e. The number of hydrogen-bond donors (Lipinski definition) is 1. The fourth-order valence-corrected chi connectivity index (χ4v) is 4.53. The predicted molar refractivity (Wildman–Crippen MR) is 104 cm³/mol. The van der Waals surface area contributed by atoms with Crippen LogP contribution in [0.25, 0.3) is 0 Å². The van der Waals surface area contributed by atoms with E-state index in [0.29, 0.717) is 11.8 Å². The molecule has 1 aromatic rings. The van der Waals surface area contributed by atoms with Gasteiger partial charge in [-0.3, -0.25) is 9.59 Å². The van der Waals surface area contributed by atoms with Crippen molar-refractivity contribution >= 4 is 23.4 Å². The van der Waals surface area contributed by atoms with Crippen LogP contribution in [-0.2, 0) is 16.0 Å². The quantitative estimate of drug-likeness (QED) is 0.774. The number of benzene rings is 1. The Morgan fingerprint density at radius 1 is 1.27 bits per heavy atom. The van der Waals surface area contributed by atoms with Crippen LogP contribution in [0.2, 0.25) is 0 Å². The summed E-state index contributed by atoms with van der Waals surface area (Å²) in [6.07, 6.45) is 5.71. The lowest BCUT2D eigenvalue weighted by atomic mass is 9.64. The van der Waals surface area contributed by atoms with Crippen molar-refractivity contribution in [3.05, 3.63) is 35.9 Å². The molecule has 0 spiro atoms. The Balaban J connectivity index is 1.66. The molecule has 2 amide bonds. The Labute approximate surface area is 161 Å². The molecule has 1 aliphatic heterocycles. The van der Waals surface area contributed by atoms with Gasteiger partial charge in [0.1, 0.15) is 5.88 Å². The summed E-state index contributed by atoms with van der Waals surface area (Å²) in [5.41, 5.74) is 1.03. The number of likely N-dealkylation sites (tertiary alicyclic amines) is 1. The van der Waals surface area contributed by atoms with Gasteiger partial charge in [-0.15, -0.1) is 11.6 Å². The molecule has 1 saturated carbocycles. The van der Waals surface area contributed by atoms with Crippen LogP contribution >= 0.6 is 11.6 Å². The summed E-state index contributed by atoms with van der Waals surface area (Å²) in [5, 5.41) is 3.03. The second kappa shape index (κ2) is 8.43. The summed E-state index contributed by atoms with van der Waals surface area (Å²) in [5.74, 6) is 0.492. The monoisotopic (exact) mass is 376 g/mol. The standard InChI is InChI=1S/C21H29ClN2O2/c1-2-17-15-24(12-9-18(17)23-19(25)14-22)20(26)21(10-6-11-21)13-16-7-4-3-5-8-16/h3-5,7-8,17-18H,2,6,9-15H2,1H3,(H,23,25). The SMILES string of the molecule is CCC1CN(C(=O)C2(Cc3ccccc3)CCC2)CCC1NC(=O)CCl. The minimum Gasteiger partial charge on any atom is -0.352 e. The molecular weight excluding hydrogens is 348 g/mol. The van der Waals surface area contributed by atoms with Crippen molar-refractivity contribution in [2.24, 2.45) is 11.3 Å². The van der Waals surface area contributed by atoms with Gasteiger partial charge >= 0.3 is 0 Å². The van der Waals surface area contributed by atoms with Gasteiger partial charge in [-0.05, 0) is 43.6 Å². The Hall–Kier alpha value is -1.55. The average molecular weight is 377 g/mol. The molecule has 142 valence electrons. The van der Waals surface area contributed by atoms with Crippen molar-refractivity contribution in [2.45, 2.75) is 51.5 Å². The molecule has 3 rings (SSSR count). The zero-order chi connectivity index (χ0) is 18.6. The largest absolute Gasteiger partial charge is 0.352 e. The van der Waals surface area contributed by atoms with Crippen molar-refractivity contribution < 1.29 is 9.59 Å². The van der Waals surface area contributed by atoms with Crippen molar-refractivity contribution in [3.8, 4) is 0 Å². The second-order valence-corrected chi connectivity index (χ2v) is 8.08. The number of amides is 2. The van der Waals surface area contributed by atoms with Gasteiger partial charge in [0.25, 0.3) is 0 Å². The lowest BCUT2D eigenvalue weighted by Crippen LogP contribution is -2.57. The van der Waals surface area contributed by atoms with E-state index in [9.17, 15) is 9.59 Å². The van der Waals surface area contributed by atoms with Gasteiger partial charge in [0, 0.05) is 19.1 Å². The Bertz CT molecular complexity index is 630. The van der Waals surface area contributed by atoms with E-state index in [0.717, 1.165) is 51.6 Å². The molecule has 2 atom stereocenters. The highest BCUT2D eigenvalue weighted by atomic mass is 35.5. The van der Waals surface area contributed by atoms with Crippen LogP contribution in [0.5, 0.6) is 0 Å². The summed E-state index contributed by atoms with van der Waals surface area (Å²) in [6, 6.07) is 10.5. The number of rotatable bonds is 6. The van der Waals surface area contributed by atoms with Crippen LogP contribution in [0.3, 0.4) is 0 Å². The van der Waals surface area contributed by atoms with E-state index in [2.05, 4.69) is 29.3 Å². The highest BCUT2D eigenvalue weighted by Gasteiger charge is 2.47. The second-order valence-electron chi connectivity index (χ2n) is 7.81. The van der Waals surface area contributed by atoms with Crippen molar-refractivity contribution in [3.63, 3.8) is 0 Å². The molecule has 1 saturated heterocycles. The van der Waals surface area contributed by atoms with Gasteiger partial charge in [-0.1, -0.05) is 43.7 Å². The summed E-state index contributed by atoms with van der Waals surface area (Å²) < 4.78 is 0. The van der Waals surface area contributed by atoms with E-state index in [-0.39, 0.29) is 23.2 Å². The molecule has 2 fully saturated rings. The average Bonchev–Trinajstić information content (AvgIpc) is 2.65. The van der Waals surface area contributed by atoms with E-state index in [1.165, 1.54) is 5.56 Å². The van der Waals surface area contributed by atoms with Crippen LogP contribution in [0, 0.1) is 11.3 Å². The van der Waals surface area contributed by atoms with E-state index in [4.69, 9.17) is 11.6 Å². The van der Waals surface area contributed by atoms with Gasteiger partial charge < -0.3 is 10.2 Å². The molecular formula is C21H29ClN2O2. The van der Waals surface area contributed by atoms with Crippen molar-refractivity contribution in [1.82, 2.24) is 10.2 Å². The Kier molecular flexibility index (Phi) is 6.23. The zero-order valence-corrected chi connectivity index (χ0v) is 16.3. The van der Waals surface area contributed by atoms with Crippen molar-refractivity contribution in [1.29, 1.82) is 0 Å². The van der Waals surface area contributed by atoms with Crippen LogP contribution < -0.4 is 5.32 Å². The lowest BCUT2D eigenvalue weighted by molar-refractivity contribution is -0.150. The molecule has 2 aliphatic rings. The molecule has 0 bridgehead atoms. The molecule has 2 unspecified atom stereocenters. The normalized spacial score (nSPS) is 24.6. The molecule has 0 radical (unpaired) electrons. The summed E-state index contributed by atoms with van der Waals surface area (Å²) in [6.45, 7) is 3.58. The number of hydrogen-bond acceptors (Lipinski definition) is 2. The predicted octanol–water partition coefficient (Wildman–Crippen LogP) is 3.38. The van der Waals surface area contributed by atoms with E-state index in [1.54, 1.807) is 0 Å². The van der Waals surface area contributed by atoms with E-state index < -0.39 is 0 Å². The molecule has 1 aliphatic carbocycles. The van der Waals surface area contributed by atoms with Gasteiger partial charge in [-0.2, -0.15) is 0 Å². The zero-order valence-electron chi connectivity index (χ0n) is 15.5. The maximum atomic E-state index is 13.4. The van der Waals surface area contributed by atoms with E-state index in [1.807, 2.05) is 18.2 Å². The molecule has 1 N–H and O–H groups in total. The van der Waals surface area contributed by atoms with Crippen LogP contribution in [0.4, 0.5) is 0 Å². The molecule has 1 aromatic carbocycles. The Morgan fingerprint density at radius 3 is 2.58 bits per heavy atom. The number of piperidine rings is 1. The third-order valence-corrected chi connectivity index (χ3v) is 6.41. The number of halogens is 1.